The molecule has 0 bridgehead atoms. The van der Waals surface area contributed by atoms with Crippen LogP contribution in [0, 0.1) is 6.92 Å². The number of aliphatic hydroxyl groups excluding tert-OH is 1. The normalized spacial score (nSPS) is 16.9. The summed E-state index contributed by atoms with van der Waals surface area (Å²) in [4.78, 5) is 19.7. The summed E-state index contributed by atoms with van der Waals surface area (Å²) in [5, 5.41) is 9.12. The third-order valence-electron chi connectivity index (χ3n) is 8.63. The van der Waals surface area contributed by atoms with Crippen molar-refractivity contribution < 1.29 is 19.4 Å². The molecule has 1 aliphatic heterocycles. The predicted molar refractivity (Wildman–Crippen MR) is 197 cm³/mol. The van der Waals surface area contributed by atoms with Crippen LogP contribution < -0.4 is 15.6 Å². The molecule has 3 N–H and O–H groups in total. The Balaban J connectivity index is 1.35. The van der Waals surface area contributed by atoms with Gasteiger partial charge in [-0.1, -0.05) is 119 Å². The maximum Gasteiger partial charge on any atom is 0.266 e. The molecule has 1 heterocycles. The van der Waals surface area contributed by atoms with Crippen molar-refractivity contribution in [3.8, 4) is 16.9 Å². The summed E-state index contributed by atoms with van der Waals surface area (Å²) in [6, 6.07) is 42.1. The van der Waals surface area contributed by atoms with Crippen LogP contribution in [0.25, 0.3) is 11.1 Å². The minimum atomic E-state index is -1.35. The second-order valence-corrected chi connectivity index (χ2v) is 13.0. The van der Waals surface area contributed by atoms with Crippen molar-refractivity contribution >= 4 is 27.7 Å². The average molecular weight is 719 g/mol. The highest BCUT2D eigenvalue weighted by atomic mass is 79.9. The van der Waals surface area contributed by atoms with Crippen LogP contribution in [-0.4, -0.2) is 42.2 Å². The molecule has 0 fully saturated rings. The number of halogens is 1. The molecule has 0 saturated carbocycles. The zero-order chi connectivity index (χ0) is 34.1. The van der Waals surface area contributed by atoms with Gasteiger partial charge in [0.2, 0.25) is 5.90 Å². The Kier molecular flexibility index (Phi) is 11.2. The van der Waals surface area contributed by atoms with Crippen LogP contribution >= 0.6 is 15.9 Å². The number of nitrogens with zero attached hydrogens (tertiary/aromatic N) is 1. The van der Waals surface area contributed by atoms with Gasteiger partial charge in [-0.25, -0.2) is 10.4 Å². The second-order valence-electron chi connectivity index (χ2n) is 12.2. The zero-order valence-electron chi connectivity index (χ0n) is 27.4. The third kappa shape index (κ3) is 8.28. The number of benzene rings is 5. The van der Waals surface area contributed by atoms with Gasteiger partial charge in [-0.05, 0) is 71.5 Å². The summed E-state index contributed by atoms with van der Waals surface area (Å²) in [6.45, 7) is 3.10. The molecule has 2 atom stereocenters. The highest BCUT2D eigenvalue weighted by Gasteiger charge is 2.53. The van der Waals surface area contributed by atoms with E-state index in [0.717, 1.165) is 38.7 Å². The Morgan fingerprint density at radius 2 is 1.53 bits per heavy atom. The lowest BCUT2D eigenvalue weighted by Crippen LogP contribution is -2.54. The summed E-state index contributed by atoms with van der Waals surface area (Å²) in [6.07, 6.45) is 0.865. The van der Waals surface area contributed by atoms with E-state index in [9.17, 15) is 4.79 Å². The summed E-state index contributed by atoms with van der Waals surface area (Å²) < 4.78 is 13.4. The van der Waals surface area contributed by atoms with E-state index in [4.69, 9.17) is 19.6 Å². The second kappa shape index (κ2) is 16.1. The van der Waals surface area contributed by atoms with Crippen molar-refractivity contribution in [3.63, 3.8) is 0 Å². The van der Waals surface area contributed by atoms with Gasteiger partial charge >= 0.3 is 0 Å². The summed E-state index contributed by atoms with van der Waals surface area (Å²) in [7, 11) is 0. The molecule has 0 unspecified atom stereocenters. The molecule has 0 aliphatic carbocycles. The first-order chi connectivity index (χ1) is 23.9. The number of hydrogen-bond acceptors (Lipinski definition) is 6. The van der Waals surface area contributed by atoms with E-state index in [2.05, 4.69) is 82.2 Å². The van der Waals surface area contributed by atoms with Crippen molar-refractivity contribution in [2.75, 3.05) is 19.8 Å². The molecule has 5 aromatic carbocycles. The number of carbonyl (C=O) groups excluding carboxylic acids is 1. The molecule has 8 heteroatoms. The molecule has 0 radical (unpaired) electrons. The molecule has 1 aliphatic rings. The van der Waals surface area contributed by atoms with Gasteiger partial charge in [0, 0.05) is 36.0 Å². The van der Waals surface area contributed by atoms with Crippen LogP contribution in [-0.2, 0) is 22.4 Å². The molecule has 6 rings (SSSR count). The van der Waals surface area contributed by atoms with E-state index < -0.39 is 11.6 Å². The average Bonchev–Trinajstić information content (AvgIpc) is 3.53. The van der Waals surface area contributed by atoms with Crippen LogP contribution in [0.2, 0.25) is 0 Å². The molecule has 250 valence electrons. The molecule has 0 aromatic heterocycles. The van der Waals surface area contributed by atoms with Gasteiger partial charge in [-0.3, -0.25) is 10.2 Å². The van der Waals surface area contributed by atoms with Gasteiger partial charge in [-0.15, -0.1) is 0 Å². The highest BCUT2D eigenvalue weighted by molar-refractivity contribution is 9.10. The fraction of sp³-hybridized carbons (Fsp3) is 0.220. The van der Waals surface area contributed by atoms with Crippen LogP contribution in [0.4, 0.5) is 0 Å². The maximum absolute atomic E-state index is 14.6. The van der Waals surface area contributed by atoms with Crippen molar-refractivity contribution in [1.29, 1.82) is 0 Å². The van der Waals surface area contributed by atoms with Gasteiger partial charge in [-0.2, -0.15) is 0 Å². The predicted octanol–water partition coefficient (Wildman–Crippen LogP) is 7.55. The van der Waals surface area contributed by atoms with Crippen LogP contribution in [0.5, 0.6) is 5.75 Å². The Morgan fingerprint density at radius 3 is 2.24 bits per heavy atom. The van der Waals surface area contributed by atoms with E-state index in [1.54, 1.807) is 0 Å². The SMILES string of the molecule is Cc1ccc(CCNNC(=O)[C@@]2(Cc3ccccc3Br)N=C(c3ccc(OCCCO)cc3)O[C@H]2c2ccc(-c3ccccc3)cc2)cc1. The van der Waals surface area contributed by atoms with E-state index in [1.807, 2.05) is 78.9 Å². The first-order valence-corrected chi connectivity index (χ1v) is 17.3. The van der Waals surface area contributed by atoms with Crippen molar-refractivity contribution in [1.82, 2.24) is 10.9 Å². The van der Waals surface area contributed by atoms with Crippen LogP contribution in [0.3, 0.4) is 0 Å². The molecule has 1 amide bonds. The molecule has 0 spiro atoms. The molecule has 7 nitrogen and oxygen atoms in total. The largest absolute Gasteiger partial charge is 0.494 e. The monoisotopic (exact) mass is 717 g/mol. The Morgan fingerprint density at radius 1 is 0.857 bits per heavy atom. The van der Waals surface area contributed by atoms with Gasteiger partial charge in [0.1, 0.15) is 5.75 Å². The maximum atomic E-state index is 14.6. The van der Waals surface area contributed by atoms with Crippen LogP contribution in [0.1, 0.15) is 40.3 Å². The number of amides is 1. The standard InChI is InChI=1S/C41H40BrN3O4/c1-29-12-14-30(15-13-29)24-25-43-45-40(47)41(28-35-10-5-6-11-37(35)42)38(33-18-16-32(17-19-33)31-8-3-2-4-9-31)49-39(44-41)34-20-22-36(23-21-34)48-27-7-26-46/h2-6,8-23,38,43,46H,7,24-28H2,1H3,(H,45,47)/t38-,41-/m0/s1. The zero-order valence-corrected chi connectivity index (χ0v) is 29.0. The molecule has 5 aromatic rings. The van der Waals surface area contributed by atoms with Crippen molar-refractivity contribution in [2.24, 2.45) is 4.99 Å². The number of hydrazine groups is 1. The number of aliphatic hydroxyl groups is 1. The summed E-state index contributed by atoms with van der Waals surface area (Å²) in [5.74, 6) is 0.767. The summed E-state index contributed by atoms with van der Waals surface area (Å²) in [5.41, 5.74) is 11.9. The van der Waals surface area contributed by atoms with Crippen molar-refractivity contribution in [3.05, 3.63) is 160 Å². The Hall–Kier alpha value is -4.76. The number of hydrogen-bond donors (Lipinski definition) is 3. The lowest BCUT2D eigenvalue weighted by atomic mass is 9.82. The smallest absolute Gasteiger partial charge is 0.266 e. The quantitative estimate of drug-likeness (QED) is 0.0816. The molecular formula is C41H40BrN3O4. The molecular weight excluding hydrogens is 678 g/mol. The van der Waals surface area contributed by atoms with E-state index >= 15 is 0 Å². The first-order valence-electron chi connectivity index (χ1n) is 16.5. The fourth-order valence-electron chi connectivity index (χ4n) is 5.91. The van der Waals surface area contributed by atoms with Crippen molar-refractivity contribution in [2.45, 2.75) is 37.8 Å². The minimum Gasteiger partial charge on any atom is -0.494 e. The van der Waals surface area contributed by atoms with Crippen LogP contribution in [0.15, 0.2) is 137 Å². The highest BCUT2D eigenvalue weighted by Crippen LogP contribution is 2.43. The Bertz CT molecular complexity index is 1860. The third-order valence-corrected chi connectivity index (χ3v) is 9.40. The van der Waals surface area contributed by atoms with Gasteiger partial charge in [0.15, 0.2) is 11.6 Å². The van der Waals surface area contributed by atoms with Gasteiger partial charge in [0.05, 0.1) is 6.61 Å². The van der Waals surface area contributed by atoms with Gasteiger partial charge in [0.25, 0.3) is 5.91 Å². The molecule has 49 heavy (non-hydrogen) atoms. The lowest BCUT2D eigenvalue weighted by Gasteiger charge is -2.31. The topological polar surface area (TPSA) is 92.2 Å². The van der Waals surface area contributed by atoms with E-state index in [1.165, 1.54) is 11.1 Å². The fourth-order valence-corrected chi connectivity index (χ4v) is 6.33. The number of aryl methyl sites for hydroxylation is 1. The lowest BCUT2D eigenvalue weighted by molar-refractivity contribution is -0.130. The number of carbonyl (C=O) groups is 1. The number of ether oxygens (including phenoxy) is 2. The van der Waals surface area contributed by atoms with E-state index in [0.29, 0.717) is 31.2 Å². The van der Waals surface area contributed by atoms with E-state index in [-0.39, 0.29) is 18.9 Å². The minimum absolute atomic E-state index is 0.0684. The molecule has 0 saturated heterocycles. The first kappa shape index (κ1) is 34.1. The van der Waals surface area contributed by atoms with Gasteiger partial charge < -0.3 is 14.6 Å². The number of nitrogens with one attached hydrogen (secondary N) is 2. The number of aliphatic imine (C=N–C) groups is 1. The summed E-state index contributed by atoms with van der Waals surface area (Å²) >= 11 is 3.71. The number of rotatable bonds is 14. The Labute approximate surface area is 296 Å².